The number of benzene rings is 1. The predicted octanol–water partition coefficient (Wildman–Crippen LogP) is 1.01. The van der Waals surface area contributed by atoms with Crippen molar-refractivity contribution in [3.8, 4) is 11.5 Å². The van der Waals surface area contributed by atoms with E-state index >= 15 is 0 Å². The average Bonchev–Trinajstić information content (AvgIpc) is 2.75. The molecule has 1 heterocycles. The summed E-state index contributed by atoms with van der Waals surface area (Å²) in [4.78, 5) is 0. The second-order valence-electron chi connectivity index (χ2n) is 5.21. The normalized spacial score (nSPS) is 14.0. The van der Waals surface area contributed by atoms with Gasteiger partial charge in [-0.15, -0.1) is 0 Å². The lowest BCUT2D eigenvalue weighted by molar-refractivity contribution is 0.174. The summed E-state index contributed by atoms with van der Waals surface area (Å²) in [5.41, 5.74) is 5.07. The molecule has 0 unspecified atom stereocenters. The summed E-state index contributed by atoms with van der Waals surface area (Å²) in [6, 6.07) is 4.12. The number of ether oxygens (including phenoxy) is 2. The van der Waals surface area contributed by atoms with Crippen LogP contribution in [0.15, 0.2) is 12.1 Å². The molecule has 0 bridgehead atoms. The van der Waals surface area contributed by atoms with Gasteiger partial charge in [0.2, 0.25) is 6.79 Å². The Balaban J connectivity index is 2.21. The van der Waals surface area contributed by atoms with Gasteiger partial charge in [0.05, 0.1) is 6.67 Å². The minimum atomic E-state index is 0.00190. The van der Waals surface area contributed by atoms with Crippen molar-refractivity contribution in [3.05, 3.63) is 23.3 Å². The molecule has 5 nitrogen and oxygen atoms in total. The lowest BCUT2D eigenvalue weighted by atomic mass is 9.81. The summed E-state index contributed by atoms with van der Waals surface area (Å²) in [6.45, 7) is 8.22. The first kappa shape index (κ1) is 13.1. The first-order chi connectivity index (χ1) is 8.54. The number of rotatable bonds is 5. The van der Waals surface area contributed by atoms with Gasteiger partial charge in [0.25, 0.3) is 0 Å². The van der Waals surface area contributed by atoms with E-state index in [2.05, 4.69) is 37.6 Å². The summed E-state index contributed by atoms with van der Waals surface area (Å²) in [5.74, 6) is 6.92. The molecule has 1 aliphatic rings. The van der Waals surface area contributed by atoms with E-state index < -0.39 is 0 Å². The molecule has 5 heteroatoms. The van der Waals surface area contributed by atoms with Crippen LogP contribution in [0.5, 0.6) is 11.5 Å². The third-order valence-electron chi connectivity index (χ3n) is 3.24. The predicted molar refractivity (Wildman–Crippen MR) is 70.5 cm³/mol. The van der Waals surface area contributed by atoms with E-state index in [1.807, 2.05) is 6.07 Å². The largest absolute Gasteiger partial charge is 0.454 e. The lowest BCUT2D eigenvalue weighted by Gasteiger charge is -2.27. The van der Waals surface area contributed by atoms with Crippen LogP contribution in [-0.2, 0) is 5.41 Å². The Morgan fingerprint density at radius 1 is 1.28 bits per heavy atom. The van der Waals surface area contributed by atoms with E-state index in [4.69, 9.17) is 15.3 Å². The molecule has 0 saturated heterocycles. The fourth-order valence-corrected chi connectivity index (χ4v) is 2.32. The molecule has 0 atom stereocenters. The number of fused-ring (bicyclic) bond motifs is 1. The second-order valence-corrected chi connectivity index (χ2v) is 5.21. The molecule has 2 rings (SSSR count). The number of hydrazine groups is 1. The van der Waals surface area contributed by atoms with E-state index in [0.29, 0.717) is 13.5 Å². The van der Waals surface area contributed by atoms with Crippen molar-refractivity contribution in [1.82, 2.24) is 10.7 Å². The minimum absolute atomic E-state index is 0.00190. The van der Waals surface area contributed by atoms with Crippen LogP contribution in [0.25, 0.3) is 0 Å². The van der Waals surface area contributed by atoms with Crippen molar-refractivity contribution in [2.24, 2.45) is 5.84 Å². The number of aryl methyl sites for hydroxylation is 1. The van der Waals surface area contributed by atoms with Gasteiger partial charge in [0.15, 0.2) is 11.5 Å². The third-order valence-corrected chi connectivity index (χ3v) is 3.24. The van der Waals surface area contributed by atoms with Crippen LogP contribution in [0.3, 0.4) is 0 Å². The maximum Gasteiger partial charge on any atom is 0.231 e. The van der Waals surface area contributed by atoms with Crippen LogP contribution >= 0.6 is 0 Å². The van der Waals surface area contributed by atoms with Crippen molar-refractivity contribution in [1.29, 1.82) is 0 Å². The Morgan fingerprint density at radius 3 is 2.61 bits per heavy atom. The molecule has 1 aromatic carbocycles. The number of hydrogen-bond donors (Lipinski definition) is 3. The first-order valence-electron chi connectivity index (χ1n) is 6.09. The molecule has 1 aliphatic heterocycles. The maximum absolute atomic E-state index is 5.44. The Labute approximate surface area is 108 Å². The molecule has 1 aromatic rings. The molecular formula is C13H21N3O2. The molecule has 0 fully saturated rings. The van der Waals surface area contributed by atoms with E-state index in [1.54, 1.807) is 0 Å². The molecule has 0 radical (unpaired) electrons. The fraction of sp³-hybridized carbons (Fsp3) is 0.538. The van der Waals surface area contributed by atoms with Gasteiger partial charge < -0.3 is 14.8 Å². The highest BCUT2D eigenvalue weighted by atomic mass is 16.7. The van der Waals surface area contributed by atoms with Gasteiger partial charge in [0.1, 0.15) is 0 Å². The zero-order chi connectivity index (χ0) is 13.2. The Morgan fingerprint density at radius 2 is 1.94 bits per heavy atom. The van der Waals surface area contributed by atoms with Gasteiger partial charge >= 0.3 is 0 Å². The quantitative estimate of drug-likeness (QED) is 0.315. The first-order valence-corrected chi connectivity index (χ1v) is 6.09. The van der Waals surface area contributed by atoms with Crippen LogP contribution < -0.4 is 26.1 Å². The summed E-state index contributed by atoms with van der Waals surface area (Å²) < 4.78 is 10.8. The minimum Gasteiger partial charge on any atom is -0.454 e. The Kier molecular flexibility index (Phi) is 3.75. The molecule has 0 aliphatic carbocycles. The van der Waals surface area contributed by atoms with Gasteiger partial charge in [-0.05, 0) is 30.2 Å². The highest BCUT2D eigenvalue weighted by molar-refractivity contribution is 5.50. The lowest BCUT2D eigenvalue weighted by Crippen LogP contribution is -2.40. The molecule has 18 heavy (non-hydrogen) atoms. The number of nitrogens with two attached hydrogens (primary N) is 1. The third kappa shape index (κ3) is 2.58. The smallest absolute Gasteiger partial charge is 0.231 e. The van der Waals surface area contributed by atoms with Crippen LogP contribution in [-0.4, -0.2) is 20.0 Å². The highest BCUT2D eigenvalue weighted by Crippen LogP contribution is 2.38. The van der Waals surface area contributed by atoms with E-state index in [1.165, 1.54) is 11.1 Å². The Hall–Kier alpha value is -1.30. The average molecular weight is 251 g/mol. The molecule has 0 aromatic heterocycles. The zero-order valence-electron chi connectivity index (χ0n) is 11.2. The zero-order valence-corrected chi connectivity index (χ0v) is 11.2. The monoisotopic (exact) mass is 251 g/mol. The van der Waals surface area contributed by atoms with Crippen molar-refractivity contribution >= 4 is 0 Å². The summed E-state index contributed by atoms with van der Waals surface area (Å²) in [5, 5.41) is 3.26. The topological polar surface area (TPSA) is 68.5 Å². The molecule has 0 amide bonds. The summed E-state index contributed by atoms with van der Waals surface area (Å²) >= 11 is 0. The molecular weight excluding hydrogens is 230 g/mol. The van der Waals surface area contributed by atoms with E-state index in [-0.39, 0.29) is 5.41 Å². The van der Waals surface area contributed by atoms with E-state index in [0.717, 1.165) is 18.0 Å². The molecule has 0 saturated carbocycles. The van der Waals surface area contributed by atoms with Crippen molar-refractivity contribution < 1.29 is 9.47 Å². The Bertz CT molecular complexity index is 432. The van der Waals surface area contributed by atoms with Gasteiger partial charge in [0, 0.05) is 12.0 Å². The van der Waals surface area contributed by atoms with Crippen molar-refractivity contribution in [3.63, 3.8) is 0 Å². The molecule has 0 spiro atoms. The SMILES string of the molecule is Cc1cc2c(cc1C(C)(C)CNCNN)OCO2. The molecule has 4 N–H and O–H groups in total. The maximum atomic E-state index is 5.44. The van der Waals surface area contributed by atoms with Crippen LogP contribution in [0.1, 0.15) is 25.0 Å². The molecule has 100 valence electrons. The fourth-order valence-electron chi connectivity index (χ4n) is 2.32. The number of nitrogens with one attached hydrogen (secondary N) is 2. The van der Waals surface area contributed by atoms with E-state index in [9.17, 15) is 0 Å². The van der Waals surface area contributed by atoms with Gasteiger partial charge in [-0.3, -0.25) is 5.84 Å². The highest BCUT2D eigenvalue weighted by Gasteiger charge is 2.25. The van der Waals surface area contributed by atoms with Crippen LogP contribution in [0.4, 0.5) is 0 Å². The summed E-state index contributed by atoms with van der Waals surface area (Å²) in [7, 11) is 0. The summed E-state index contributed by atoms with van der Waals surface area (Å²) in [6.07, 6.45) is 0. The number of hydrogen-bond acceptors (Lipinski definition) is 5. The van der Waals surface area contributed by atoms with Crippen molar-refractivity contribution in [2.75, 3.05) is 20.0 Å². The van der Waals surface area contributed by atoms with Gasteiger partial charge in [-0.2, -0.15) is 0 Å². The second kappa shape index (κ2) is 5.14. The van der Waals surface area contributed by atoms with Crippen molar-refractivity contribution in [2.45, 2.75) is 26.2 Å². The standard InChI is InChI=1S/C13H21N3O2/c1-9-4-11-12(18-8-17-11)5-10(9)13(2,3)6-15-7-16-14/h4-5,15-16H,6-8,14H2,1-3H3. The van der Waals surface area contributed by atoms with Crippen LogP contribution in [0.2, 0.25) is 0 Å². The van der Waals surface area contributed by atoms with Gasteiger partial charge in [-0.25, -0.2) is 5.43 Å². The van der Waals surface area contributed by atoms with Gasteiger partial charge in [-0.1, -0.05) is 13.8 Å². The van der Waals surface area contributed by atoms with Crippen LogP contribution in [0, 0.1) is 6.92 Å².